The Labute approximate surface area is 134 Å². The zero-order valence-electron chi connectivity index (χ0n) is 10.3. The van der Waals surface area contributed by atoms with Gasteiger partial charge >= 0.3 is 0 Å². The van der Waals surface area contributed by atoms with E-state index in [1.807, 2.05) is 12.1 Å². The summed E-state index contributed by atoms with van der Waals surface area (Å²) in [4.78, 5) is 0. The van der Waals surface area contributed by atoms with Crippen LogP contribution in [0.2, 0.25) is 5.02 Å². The molecule has 0 N–H and O–H groups in total. The van der Waals surface area contributed by atoms with Gasteiger partial charge < -0.3 is 4.74 Å². The van der Waals surface area contributed by atoms with Gasteiger partial charge in [-0.15, -0.1) is 11.6 Å². The molecule has 1 aliphatic rings. The second kappa shape index (κ2) is 5.55. The summed E-state index contributed by atoms with van der Waals surface area (Å²) in [6.45, 7) is 0.625. The first-order valence-corrected chi connectivity index (χ1v) is 7.71. The number of rotatable bonds is 2. The summed E-state index contributed by atoms with van der Waals surface area (Å²) in [6, 6.07) is 8.70. The van der Waals surface area contributed by atoms with E-state index in [4.69, 9.17) is 27.9 Å². The zero-order chi connectivity index (χ0) is 14.3. The molecule has 1 nitrogen and oxygen atoms in total. The van der Waals surface area contributed by atoms with Crippen LogP contribution in [0.5, 0.6) is 5.75 Å². The van der Waals surface area contributed by atoms with Crippen molar-refractivity contribution in [2.45, 2.75) is 11.8 Å². The fraction of sp³-hybridized carbons (Fsp3) is 0.200. The average Bonchev–Trinajstić information content (AvgIpc) is 2.88. The first-order valence-electron chi connectivity index (χ1n) is 6.11. The molecule has 0 amide bonds. The molecule has 0 aliphatic carbocycles. The second-order valence-electron chi connectivity index (χ2n) is 4.59. The van der Waals surface area contributed by atoms with E-state index in [2.05, 4.69) is 15.9 Å². The summed E-state index contributed by atoms with van der Waals surface area (Å²) in [5.41, 5.74) is 2.20. The van der Waals surface area contributed by atoms with Crippen molar-refractivity contribution < 1.29 is 9.13 Å². The summed E-state index contributed by atoms with van der Waals surface area (Å²) in [5.74, 6) is 0.272. The number of benzene rings is 2. The number of hydrogen-bond donors (Lipinski definition) is 0. The van der Waals surface area contributed by atoms with Crippen molar-refractivity contribution in [2.75, 3.05) is 6.61 Å². The second-order valence-corrected chi connectivity index (χ2v) is 6.35. The summed E-state index contributed by atoms with van der Waals surface area (Å²) < 4.78 is 20.7. The summed E-state index contributed by atoms with van der Waals surface area (Å²) in [7, 11) is 0. The lowest BCUT2D eigenvalue weighted by Gasteiger charge is -2.16. The van der Waals surface area contributed by atoms with Crippen molar-refractivity contribution in [2.24, 2.45) is 0 Å². The molecule has 5 heteroatoms. The molecule has 0 saturated heterocycles. The maximum Gasteiger partial charge on any atom is 0.146 e. The standard InChI is InChI=1S/C15H10BrCl2FO/c16-9-6-8-4-5-20-15(8)11(7-9)13(18)10-2-1-3-12(17)14(10)19/h1-3,6-7,13H,4-5H2. The predicted octanol–water partition coefficient (Wildman–Crippen LogP) is 5.50. The van der Waals surface area contributed by atoms with Crippen molar-refractivity contribution in [3.8, 4) is 5.75 Å². The molecular formula is C15H10BrCl2FO. The van der Waals surface area contributed by atoms with E-state index in [1.54, 1.807) is 12.1 Å². The molecule has 0 saturated carbocycles. The van der Waals surface area contributed by atoms with Gasteiger partial charge in [-0.25, -0.2) is 4.39 Å². The van der Waals surface area contributed by atoms with Crippen molar-refractivity contribution in [3.05, 3.63) is 62.3 Å². The lowest BCUT2D eigenvalue weighted by Crippen LogP contribution is -2.00. The zero-order valence-corrected chi connectivity index (χ0v) is 13.4. The van der Waals surface area contributed by atoms with E-state index in [1.165, 1.54) is 6.07 Å². The van der Waals surface area contributed by atoms with Crippen LogP contribution in [0.25, 0.3) is 0 Å². The molecule has 1 heterocycles. The van der Waals surface area contributed by atoms with Gasteiger partial charge in [0, 0.05) is 22.0 Å². The number of fused-ring (bicyclic) bond motifs is 1. The molecule has 0 bridgehead atoms. The first kappa shape index (κ1) is 14.2. The Kier molecular flexibility index (Phi) is 3.93. The SMILES string of the molecule is Fc1c(Cl)cccc1C(Cl)c1cc(Br)cc2c1OCC2. The van der Waals surface area contributed by atoms with Crippen LogP contribution in [0.4, 0.5) is 4.39 Å². The lowest BCUT2D eigenvalue weighted by molar-refractivity contribution is 0.353. The average molecular weight is 376 g/mol. The van der Waals surface area contributed by atoms with E-state index in [0.717, 1.165) is 27.8 Å². The van der Waals surface area contributed by atoms with Gasteiger partial charge in [0.25, 0.3) is 0 Å². The van der Waals surface area contributed by atoms with Crippen LogP contribution in [-0.4, -0.2) is 6.61 Å². The Balaban J connectivity index is 2.11. The highest BCUT2D eigenvalue weighted by Crippen LogP contribution is 2.42. The molecule has 104 valence electrons. The molecule has 0 spiro atoms. The summed E-state index contributed by atoms with van der Waals surface area (Å²) >= 11 is 15.7. The Morgan fingerprint density at radius 2 is 2.05 bits per heavy atom. The minimum atomic E-state index is -0.641. The van der Waals surface area contributed by atoms with Gasteiger partial charge in [0.2, 0.25) is 0 Å². The third-order valence-corrected chi connectivity index (χ3v) is 4.52. The van der Waals surface area contributed by atoms with Crippen LogP contribution in [-0.2, 0) is 6.42 Å². The van der Waals surface area contributed by atoms with Crippen molar-refractivity contribution in [3.63, 3.8) is 0 Å². The smallest absolute Gasteiger partial charge is 0.146 e. The number of halogens is 4. The van der Waals surface area contributed by atoms with Crippen LogP contribution < -0.4 is 4.74 Å². The Morgan fingerprint density at radius 1 is 1.25 bits per heavy atom. The minimum absolute atomic E-state index is 0.0701. The Hall–Kier alpha value is -0.770. The number of alkyl halides is 1. The maximum atomic E-state index is 14.1. The van der Waals surface area contributed by atoms with E-state index >= 15 is 0 Å². The molecule has 1 aliphatic heterocycles. The highest BCUT2D eigenvalue weighted by atomic mass is 79.9. The molecule has 2 aromatic carbocycles. The monoisotopic (exact) mass is 374 g/mol. The van der Waals surface area contributed by atoms with Gasteiger partial charge in [-0.3, -0.25) is 0 Å². The molecule has 0 aromatic heterocycles. The van der Waals surface area contributed by atoms with Gasteiger partial charge in [0.15, 0.2) is 0 Å². The minimum Gasteiger partial charge on any atom is -0.493 e. The molecule has 3 rings (SSSR count). The van der Waals surface area contributed by atoms with Crippen molar-refractivity contribution >= 4 is 39.1 Å². The largest absolute Gasteiger partial charge is 0.493 e. The molecule has 1 atom stereocenters. The van der Waals surface area contributed by atoms with E-state index < -0.39 is 11.2 Å². The van der Waals surface area contributed by atoms with Gasteiger partial charge in [0.05, 0.1) is 17.0 Å². The van der Waals surface area contributed by atoms with Crippen LogP contribution in [0.3, 0.4) is 0 Å². The van der Waals surface area contributed by atoms with E-state index in [-0.39, 0.29) is 5.02 Å². The molecule has 0 fully saturated rings. The molecule has 0 radical (unpaired) electrons. The van der Waals surface area contributed by atoms with E-state index in [9.17, 15) is 4.39 Å². The number of ether oxygens (including phenoxy) is 1. The van der Waals surface area contributed by atoms with Gasteiger partial charge in [-0.05, 0) is 23.8 Å². The van der Waals surface area contributed by atoms with Gasteiger partial charge in [-0.1, -0.05) is 39.7 Å². The summed E-state index contributed by atoms with van der Waals surface area (Å²) in [5, 5.41) is -0.571. The Bertz CT molecular complexity index is 675. The summed E-state index contributed by atoms with van der Waals surface area (Å²) in [6.07, 6.45) is 0.837. The molecule has 1 unspecified atom stereocenters. The normalized spacial score (nSPS) is 14.8. The first-order chi connectivity index (χ1) is 9.58. The highest BCUT2D eigenvalue weighted by Gasteiger charge is 2.25. The van der Waals surface area contributed by atoms with Crippen molar-refractivity contribution in [1.82, 2.24) is 0 Å². The van der Waals surface area contributed by atoms with Crippen molar-refractivity contribution in [1.29, 1.82) is 0 Å². The fourth-order valence-corrected chi connectivity index (χ4v) is 3.41. The van der Waals surface area contributed by atoms with E-state index in [0.29, 0.717) is 12.2 Å². The third-order valence-electron chi connectivity index (χ3n) is 3.30. The van der Waals surface area contributed by atoms with Crippen LogP contribution in [0.15, 0.2) is 34.8 Å². The number of hydrogen-bond acceptors (Lipinski definition) is 1. The highest BCUT2D eigenvalue weighted by molar-refractivity contribution is 9.10. The molecular weight excluding hydrogens is 366 g/mol. The van der Waals surface area contributed by atoms with Gasteiger partial charge in [-0.2, -0.15) is 0 Å². The lowest BCUT2D eigenvalue weighted by atomic mass is 10.00. The van der Waals surface area contributed by atoms with Crippen LogP contribution >= 0.6 is 39.1 Å². The topological polar surface area (TPSA) is 9.23 Å². The quantitative estimate of drug-likeness (QED) is 0.629. The molecule has 20 heavy (non-hydrogen) atoms. The van der Waals surface area contributed by atoms with Crippen LogP contribution in [0, 0.1) is 5.82 Å². The fourth-order valence-electron chi connectivity index (χ4n) is 2.37. The maximum absolute atomic E-state index is 14.1. The predicted molar refractivity (Wildman–Crippen MR) is 82.4 cm³/mol. The third kappa shape index (κ3) is 2.43. The Morgan fingerprint density at radius 3 is 2.85 bits per heavy atom. The van der Waals surface area contributed by atoms with Crippen LogP contribution in [0.1, 0.15) is 22.1 Å². The molecule has 2 aromatic rings. The van der Waals surface area contributed by atoms with Gasteiger partial charge in [0.1, 0.15) is 11.6 Å².